The second kappa shape index (κ2) is 12.4. The number of anilines is 2. The highest BCUT2D eigenvalue weighted by Crippen LogP contribution is 2.36. The third kappa shape index (κ3) is 6.46. The molecule has 6 rings (SSSR count). The highest BCUT2D eigenvalue weighted by atomic mass is 32.2. The largest absolute Gasteiger partial charge is 0.493 e. The number of likely N-dealkylation sites (tertiary alicyclic amines) is 1. The van der Waals surface area contributed by atoms with Crippen LogP contribution >= 0.6 is 11.8 Å². The Hall–Kier alpha value is -3.70. The van der Waals surface area contributed by atoms with Crippen LogP contribution in [0.1, 0.15) is 12.8 Å². The number of benzene rings is 2. The summed E-state index contributed by atoms with van der Waals surface area (Å²) in [5.74, 6) is 3.33. The molecule has 0 bridgehead atoms. The third-order valence-electron chi connectivity index (χ3n) is 7.74. The predicted molar refractivity (Wildman–Crippen MR) is 159 cm³/mol. The first kappa shape index (κ1) is 27.5. The van der Waals surface area contributed by atoms with Gasteiger partial charge in [0, 0.05) is 59.8 Å². The molecule has 9 nitrogen and oxygen atoms in total. The summed E-state index contributed by atoms with van der Waals surface area (Å²) in [6, 6.07) is 10.4. The number of rotatable bonds is 8. The Balaban J connectivity index is 1.12. The first-order valence-electron chi connectivity index (χ1n) is 13.9. The molecule has 0 spiro atoms. The Morgan fingerprint density at radius 1 is 0.854 bits per heavy atom. The first-order chi connectivity index (χ1) is 20.1. The molecule has 2 aromatic heterocycles. The minimum absolute atomic E-state index is 0.244. The maximum atomic E-state index is 13.2. The molecule has 4 aromatic rings. The van der Waals surface area contributed by atoms with Crippen LogP contribution in [-0.2, 0) is 0 Å². The molecule has 2 aliphatic rings. The van der Waals surface area contributed by atoms with Gasteiger partial charge in [-0.1, -0.05) is 11.8 Å². The van der Waals surface area contributed by atoms with Crippen LogP contribution in [0.3, 0.4) is 0 Å². The number of aromatic nitrogens is 4. The fraction of sp³-hybridized carbons (Fsp3) is 0.400. The Bertz CT molecular complexity index is 1460. The molecular formula is C30H34FN7O2S. The molecule has 0 N–H and O–H groups in total. The average molecular weight is 576 g/mol. The molecule has 0 radical (unpaired) electrons. The van der Waals surface area contributed by atoms with Gasteiger partial charge in [-0.25, -0.2) is 24.3 Å². The molecule has 11 heteroatoms. The highest BCUT2D eigenvalue weighted by Gasteiger charge is 2.23. The standard InChI is InChI=1S/C30H34FN7O2S/c1-36-9-7-21(8-10-36)19-40-28-15-25-26(16-27(28)39-2)34-20-35-29(25)37-11-13-38(14-12-37)30-32-17-24(18-33-30)41-23-5-3-22(31)4-6-23/h3-6,15-18,20-21H,7-14,19H2,1-2H3. The van der Waals surface area contributed by atoms with Gasteiger partial charge in [-0.05, 0) is 69.2 Å². The molecule has 2 aromatic carbocycles. The van der Waals surface area contributed by atoms with Crippen molar-refractivity contribution < 1.29 is 13.9 Å². The van der Waals surface area contributed by atoms with Crippen molar-refractivity contribution in [1.29, 1.82) is 0 Å². The molecular weight excluding hydrogens is 541 g/mol. The number of hydrogen-bond donors (Lipinski definition) is 0. The van der Waals surface area contributed by atoms with Crippen LogP contribution in [0.25, 0.3) is 10.9 Å². The quantitative estimate of drug-likeness (QED) is 0.293. The Morgan fingerprint density at radius 3 is 2.27 bits per heavy atom. The summed E-state index contributed by atoms with van der Waals surface area (Å²) in [5.41, 5.74) is 0.832. The Morgan fingerprint density at radius 2 is 1.56 bits per heavy atom. The van der Waals surface area contributed by atoms with E-state index in [2.05, 4.69) is 41.7 Å². The normalized spacial score (nSPS) is 16.8. The van der Waals surface area contributed by atoms with E-state index in [4.69, 9.17) is 9.47 Å². The molecule has 2 saturated heterocycles. The molecule has 2 fully saturated rings. The van der Waals surface area contributed by atoms with Gasteiger partial charge in [0.25, 0.3) is 0 Å². The minimum Gasteiger partial charge on any atom is -0.493 e. The van der Waals surface area contributed by atoms with E-state index in [1.807, 2.05) is 24.5 Å². The van der Waals surface area contributed by atoms with Gasteiger partial charge in [0.05, 0.1) is 19.2 Å². The number of piperidine rings is 1. The van der Waals surface area contributed by atoms with Crippen molar-refractivity contribution in [2.75, 3.05) is 69.8 Å². The van der Waals surface area contributed by atoms with Crippen molar-refractivity contribution in [3.63, 3.8) is 0 Å². The monoisotopic (exact) mass is 575 g/mol. The first-order valence-corrected chi connectivity index (χ1v) is 14.8. The second-order valence-electron chi connectivity index (χ2n) is 10.5. The predicted octanol–water partition coefficient (Wildman–Crippen LogP) is 4.77. The average Bonchev–Trinajstić information content (AvgIpc) is 3.01. The van der Waals surface area contributed by atoms with E-state index >= 15 is 0 Å². The number of methoxy groups -OCH3 is 1. The molecule has 0 atom stereocenters. The number of ether oxygens (including phenoxy) is 2. The van der Waals surface area contributed by atoms with E-state index in [0.717, 1.165) is 84.4 Å². The zero-order chi connectivity index (χ0) is 28.2. The van der Waals surface area contributed by atoms with Crippen molar-refractivity contribution >= 4 is 34.4 Å². The summed E-state index contributed by atoms with van der Waals surface area (Å²) in [5, 5.41) is 0.957. The van der Waals surface area contributed by atoms with Crippen LogP contribution in [-0.4, -0.2) is 84.9 Å². The lowest BCUT2D eigenvalue weighted by Crippen LogP contribution is -2.47. The molecule has 214 valence electrons. The highest BCUT2D eigenvalue weighted by molar-refractivity contribution is 7.99. The van der Waals surface area contributed by atoms with Gasteiger partial charge >= 0.3 is 0 Å². The molecule has 2 aliphatic heterocycles. The number of piperazine rings is 1. The molecule has 41 heavy (non-hydrogen) atoms. The summed E-state index contributed by atoms with van der Waals surface area (Å²) in [6.07, 6.45) is 7.54. The maximum Gasteiger partial charge on any atom is 0.225 e. The van der Waals surface area contributed by atoms with E-state index in [0.29, 0.717) is 24.2 Å². The molecule has 0 amide bonds. The van der Waals surface area contributed by atoms with E-state index in [1.165, 1.54) is 23.9 Å². The fourth-order valence-corrected chi connectivity index (χ4v) is 6.05. The van der Waals surface area contributed by atoms with Gasteiger partial charge in [-0.15, -0.1) is 0 Å². The van der Waals surface area contributed by atoms with Crippen molar-refractivity contribution in [2.24, 2.45) is 5.92 Å². The van der Waals surface area contributed by atoms with Gasteiger partial charge in [0.2, 0.25) is 5.95 Å². The SMILES string of the molecule is COc1cc2ncnc(N3CCN(c4ncc(Sc5ccc(F)cc5)cn4)CC3)c2cc1OCC1CCN(C)CC1. The van der Waals surface area contributed by atoms with E-state index < -0.39 is 0 Å². The van der Waals surface area contributed by atoms with Gasteiger partial charge in [-0.3, -0.25) is 0 Å². The van der Waals surface area contributed by atoms with Gasteiger partial charge in [0.15, 0.2) is 11.5 Å². The van der Waals surface area contributed by atoms with Crippen LogP contribution in [0.2, 0.25) is 0 Å². The summed E-state index contributed by atoms with van der Waals surface area (Å²) in [6.45, 7) is 5.99. The summed E-state index contributed by atoms with van der Waals surface area (Å²) in [7, 11) is 3.84. The van der Waals surface area contributed by atoms with E-state index in [9.17, 15) is 4.39 Å². The zero-order valence-corrected chi connectivity index (χ0v) is 24.2. The lowest BCUT2D eigenvalue weighted by molar-refractivity contribution is 0.157. The van der Waals surface area contributed by atoms with Gasteiger partial charge in [0.1, 0.15) is 18.0 Å². The molecule has 0 saturated carbocycles. The Labute approximate surface area is 243 Å². The summed E-state index contributed by atoms with van der Waals surface area (Å²) >= 11 is 1.51. The van der Waals surface area contributed by atoms with E-state index in [1.54, 1.807) is 25.6 Å². The van der Waals surface area contributed by atoms with E-state index in [-0.39, 0.29) is 5.82 Å². The Kier molecular flexibility index (Phi) is 8.33. The van der Waals surface area contributed by atoms with Crippen molar-refractivity contribution in [2.45, 2.75) is 22.6 Å². The van der Waals surface area contributed by atoms with Crippen molar-refractivity contribution in [1.82, 2.24) is 24.8 Å². The number of hydrogen-bond acceptors (Lipinski definition) is 10. The number of halogens is 1. The number of fused-ring (bicyclic) bond motifs is 1. The maximum absolute atomic E-state index is 13.2. The van der Waals surface area contributed by atoms with Crippen molar-refractivity contribution in [3.05, 3.63) is 60.9 Å². The lowest BCUT2D eigenvalue weighted by Gasteiger charge is -2.35. The third-order valence-corrected chi connectivity index (χ3v) is 8.69. The van der Waals surface area contributed by atoms with Crippen LogP contribution in [0.4, 0.5) is 16.2 Å². The fourth-order valence-electron chi connectivity index (χ4n) is 5.29. The van der Waals surface area contributed by atoms with Gasteiger partial charge < -0.3 is 24.2 Å². The topological polar surface area (TPSA) is 79.7 Å². The van der Waals surface area contributed by atoms with Gasteiger partial charge in [-0.2, -0.15) is 0 Å². The molecule has 4 heterocycles. The summed E-state index contributed by atoms with van der Waals surface area (Å²) in [4.78, 5) is 27.1. The summed E-state index contributed by atoms with van der Waals surface area (Å²) < 4.78 is 25.2. The van der Waals surface area contributed by atoms with Crippen LogP contribution < -0.4 is 19.3 Å². The zero-order valence-electron chi connectivity index (χ0n) is 23.4. The van der Waals surface area contributed by atoms with Crippen LogP contribution in [0.15, 0.2) is 64.9 Å². The smallest absolute Gasteiger partial charge is 0.225 e. The molecule has 0 aliphatic carbocycles. The molecule has 0 unspecified atom stereocenters. The second-order valence-corrected chi connectivity index (χ2v) is 11.7. The van der Waals surface area contributed by atoms with Crippen LogP contribution in [0.5, 0.6) is 11.5 Å². The minimum atomic E-state index is -0.244. The number of nitrogens with zero attached hydrogens (tertiary/aromatic N) is 7. The van der Waals surface area contributed by atoms with Crippen molar-refractivity contribution in [3.8, 4) is 11.5 Å². The van der Waals surface area contributed by atoms with Crippen LogP contribution in [0, 0.1) is 11.7 Å². The lowest BCUT2D eigenvalue weighted by atomic mass is 9.98.